The summed E-state index contributed by atoms with van der Waals surface area (Å²) >= 11 is 0. The maximum Gasteiger partial charge on any atom is 0.472 e. The van der Waals surface area contributed by atoms with Crippen LogP contribution < -0.4 is 5.32 Å². The van der Waals surface area contributed by atoms with Gasteiger partial charge in [-0.05, 0) is 63.8 Å². The molecule has 6 nitrogen and oxygen atoms in total. The summed E-state index contributed by atoms with van der Waals surface area (Å²) in [5, 5.41) is 13.8. The van der Waals surface area contributed by atoms with Gasteiger partial charge in [0.25, 0.3) is 0 Å². The number of nitrogens with one attached hydrogen (secondary N) is 1. The van der Waals surface area contributed by atoms with Gasteiger partial charge < -0.3 is 19.7 Å². The Morgan fingerprint density at radius 2 is 2.10 bits per heavy atom. The largest absolute Gasteiger partial charge is 0.472 e. The molecular weight excluding hydrogens is 367 g/mol. The van der Waals surface area contributed by atoms with Crippen LogP contribution in [0, 0.1) is 5.92 Å². The molecule has 3 rings (SSSR count). The molecule has 0 radical (unpaired) electrons. The van der Waals surface area contributed by atoms with Gasteiger partial charge in [0.15, 0.2) is 0 Å². The highest BCUT2D eigenvalue weighted by atomic mass is 16.5. The minimum atomic E-state index is -0.744. The van der Waals surface area contributed by atoms with Crippen LogP contribution >= 0.6 is 0 Å². The highest BCUT2D eigenvalue weighted by molar-refractivity contribution is 6.45. The van der Waals surface area contributed by atoms with Gasteiger partial charge in [0.2, 0.25) is 0 Å². The maximum atomic E-state index is 12.3. The first-order valence-corrected chi connectivity index (χ1v) is 11.8. The molecular formula is C22H39BN2O4. The minimum absolute atomic E-state index is 0.0429. The van der Waals surface area contributed by atoms with Gasteiger partial charge >= 0.3 is 13.1 Å². The van der Waals surface area contributed by atoms with Crippen molar-refractivity contribution in [2.45, 2.75) is 89.2 Å². The Hall–Kier alpha value is -0.885. The first kappa shape index (κ1) is 22.8. The van der Waals surface area contributed by atoms with Crippen LogP contribution in [0.25, 0.3) is 0 Å². The number of hydrogen-bond donors (Lipinski definition) is 2. The van der Waals surface area contributed by atoms with Crippen LogP contribution in [0.3, 0.4) is 0 Å². The van der Waals surface area contributed by atoms with E-state index in [9.17, 15) is 9.82 Å². The number of carbonyl (C=O) groups is 1. The minimum Gasteiger partial charge on any atom is -0.461 e. The fraction of sp³-hybridized carbons (Fsp3) is 0.864. The summed E-state index contributed by atoms with van der Waals surface area (Å²) in [4.78, 5) is 14.5. The molecule has 0 aromatic carbocycles. The van der Waals surface area contributed by atoms with Crippen LogP contribution in [0.1, 0.15) is 71.1 Å². The first-order valence-electron chi connectivity index (χ1n) is 11.8. The zero-order valence-electron chi connectivity index (χ0n) is 18.1. The van der Waals surface area contributed by atoms with Gasteiger partial charge in [-0.1, -0.05) is 31.9 Å². The Morgan fingerprint density at radius 3 is 2.90 bits per heavy atom. The van der Waals surface area contributed by atoms with Gasteiger partial charge in [0.1, 0.15) is 6.10 Å². The zero-order chi connectivity index (χ0) is 20.5. The van der Waals surface area contributed by atoms with E-state index in [0.717, 1.165) is 51.6 Å². The van der Waals surface area contributed by atoms with E-state index in [1.807, 2.05) is 0 Å². The summed E-state index contributed by atoms with van der Waals surface area (Å²) in [6.45, 7) is 4.90. The van der Waals surface area contributed by atoms with Crippen molar-refractivity contribution < 1.29 is 19.2 Å². The van der Waals surface area contributed by atoms with Crippen molar-refractivity contribution in [3.05, 3.63) is 12.2 Å². The number of rotatable bonds is 11. The first-order chi connectivity index (χ1) is 14.2. The molecule has 164 valence electrons. The zero-order valence-corrected chi connectivity index (χ0v) is 18.1. The summed E-state index contributed by atoms with van der Waals surface area (Å²) in [6, 6.07) is 0.319. The number of hydrogen-bond acceptors (Lipinski definition) is 6. The van der Waals surface area contributed by atoms with E-state index in [2.05, 4.69) is 29.3 Å². The van der Waals surface area contributed by atoms with Gasteiger partial charge in [-0.2, -0.15) is 0 Å². The van der Waals surface area contributed by atoms with E-state index in [1.54, 1.807) is 0 Å². The predicted molar refractivity (Wildman–Crippen MR) is 115 cm³/mol. The van der Waals surface area contributed by atoms with Crippen LogP contribution in [-0.2, 0) is 14.2 Å². The summed E-state index contributed by atoms with van der Waals surface area (Å²) in [6.07, 6.45) is 15.7. The Labute approximate surface area is 176 Å². The molecule has 0 aromatic rings. The summed E-state index contributed by atoms with van der Waals surface area (Å²) in [5.74, 6) is 0.173. The molecule has 3 fully saturated rings. The SMILES string of the molecule is CCCC/C=C\CC1COB(O)C1NCC1CCCN1CC(=O)OC1CCCC1. The second-order valence-electron chi connectivity index (χ2n) is 8.93. The van der Waals surface area contributed by atoms with Crippen LogP contribution in [-0.4, -0.2) is 67.3 Å². The highest BCUT2D eigenvalue weighted by Crippen LogP contribution is 2.24. The fourth-order valence-corrected chi connectivity index (χ4v) is 4.86. The molecule has 1 saturated carbocycles. The van der Waals surface area contributed by atoms with Crippen molar-refractivity contribution >= 4 is 13.1 Å². The molecule has 2 saturated heterocycles. The predicted octanol–water partition coefficient (Wildman–Crippen LogP) is 2.70. The van der Waals surface area contributed by atoms with Crippen molar-refractivity contribution in [1.29, 1.82) is 0 Å². The Bertz CT molecular complexity index is 527. The van der Waals surface area contributed by atoms with Crippen LogP contribution in [0.4, 0.5) is 0 Å². The number of nitrogens with zero attached hydrogens (tertiary/aromatic N) is 1. The van der Waals surface area contributed by atoms with Crippen molar-refractivity contribution in [2.75, 3.05) is 26.2 Å². The lowest BCUT2D eigenvalue weighted by Gasteiger charge is -2.27. The smallest absolute Gasteiger partial charge is 0.461 e. The van der Waals surface area contributed by atoms with Gasteiger partial charge in [-0.3, -0.25) is 9.69 Å². The van der Waals surface area contributed by atoms with E-state index >= 15 is 0 Å². The third kappa shape index (κ3) is 7.09. The van der Waals surface area contributed by atoms with E-state index in [1.165, 1.54) is 25.7 Å². The van der Waals surface area contributed by atoms with E-state index in [-0.39, 0.29) is 18.0 Å². The molecule has 2 heterocycles. The average molecular weight is 406 g/mol. The molecule has 7 heteroatoms. The third-order valence-electron chi connectivity index (χ3n) is 6.65. The standard InChI is InChI=1S/C22H39BN2O4/c1-2-3-4-5-6-10-18-17-28-23(27)22(18)24-15-19-11-9-14-25(19)16-21(26)29-20-12-7-8-13-20/h5-6,18-20,22,24,27H,2-4,7-17H2,1H3/b6-5-. The molecule has 2 N–H and O–H groups in total. The average Bonchev–Trinajstić information content (AvgIpc) is 3.43. The highest BCUT2D eigenvalue weighted by Gasteiger charge is 2.41. The molecule has 0 bridgehead atoms. The van der Waals surface area contributed by atoms with Gasteiger partial charge in [0.05, 0.1) is 6.54 Å². The van der Waals surface area contributed by atoms with Crippen molar-refractivity contribution in [1.82, 2.24) is 10.2 Å². The van der Waals surface area contributed by atoms with Crippen molar-refractivity contribution in [2.24, 2.45) is 5.92 Å². The lowest BCUT2D eigenvalue weighted by Crippen LogP contribution is -2.49. The number of unbranched alkanes of at least 4 members (excludes halogenated alkanes) is 2. The van der Waals surface area contributed by atoms with Crippen molar-refractivity contribution in [3.63, 3.8) is 0 Å². The van der Waals surface area contributed by atoms with E-state index < -0.39 is 7.12 Å². The quantitative estimate of drug-likeness (QED) is 0.238. The van der Waals surface area contributed by atoms with Crippen LogP contribution in [0.5, 0.6) is 0 Å². The number of carbonyl (C=O) groups excluding carboxylic acids is 1. The van der Waals surface area contributed by atoms with Gasteiger partial charge in [-0.15, -0.1) is 0 Å². The number of allylic oxidation sites excluding steroid dienone is 2. The molecule has 2 aliphatic heterocycles. The van der Waals surface area contributed by atoms with Gasteiger partial charge in [-0.25, -0.2) is 0 Å². The number of likely N-dealkylation sites (tertiary alicyclic amines) is 1. The Morgan fingerprint density at radius 1 is 1.28 bits per heavy atom. The summed E-state index contributed by atoms with van der Waals surface area (Å²) in [7, 11) is -0.744. The molecule has 3 aliphatic rings. The Balaban J connectivity index is 1.41. The lowest BCUT2D eigenvalue weighted by molar-refractivity contribution is -0.150. The molecule has 1 aliphatic carbocycles. The Kier molecular flexibility index (Phi) is 9.50. The van der Waals surface area contributed by atoms with Gasteiger partial charge in [0, 0.05) is 25.1 Å². The second-order valence-corrected chi connectivity index (χ2v) is 8.93. The van der Waals surface area contributed by atoms with E-state index in [0.29, 0.717) is 25.1 Å². The van der Waals surface area contributed by atoms with E-state index in [4.69, 9.17) is 9.39 Å². The lowest BCUT2D eigenvalue weighted by atomic mass is 9.74. The maximum absolute atomic E-state index is 12.3. The summed E-state index contributed by atoms with van der Waals surface area (Å²) in [5.41, 5.74) is 0. The van der Waals surface area contributed by atoms with Crippen LogP contribution in [0.15, 0.2) is 12.2 Å². The summed E-state index contributed by atoms with van der Waals surface area (Å²) < 4.78 is 11.1. The number of esters is 1. The third-order valence-corrected chi connectivity index (χ3v) is 6.65. The molecule has 3 atom stereocenters. The monoisotopic (exact) mass is 406 g/mol. The second kappa shape index (κ2) is 12.1. The molecule has 0 spiro atoms. The number of ether oxygens (including phenoxy) is 1. The fourth-order valence-electron chi connectivity index (χ4n) is 4.86. The van der Waals surface area contributed by atoms with Crippen molar-refractivity contribution in [3.8, 4) is 0 Å². The van der Waals surface area contributed by atoms with Crippen LogP contribution in [0.2, 0.25) is 0 Å². The molecule has 3 unspecified atom stereocenters. The molecule has 0 amide bonds. The molecule has 29 heavy (non-hydrogen) atoms. The molecule has 0 aromatic heterocycles. The normalized spacial score (nSPS) is 28.8. The topological polar surface area (TPSA) is 71.0 Å².